The second-order valence-electron chi connectivity index (χ2n) is 7.16. The summed E-state index contributed by atoms with van der Waals surface area (Å²) in [5.74, 6) is -0.200. The van der Waals surface area contributed by atoms with Gasteiger partial charge in [0.2, 0.25) is 0 Å². The van der Waals surface area contributed by atoms with Gasteiger partial charge in [0.05, 0.1) is 12.7 Å². The Morgan fingerprint density at radius 3 is 2.26 bits per heavy atom. The van der Waals surface area contributed by atoms with Crippen LogP contribution in [0.4, 0.5) is 32.0 Å². The summed E-state index contributed by atoms with van der Waals surface area (Å²) in [5.41, 5.74) is -5.82. The van der Waals surface area contributed by atoms with Gasteiger partial charge in [0.25, 0.3) is 11.5 Å². The number of hydrogen-bond donors (Lipinski definition) is 1. The molecule has 3 rings (SSSR count). The molecule has 4 nitrogen and oxygen atoms in total. The molecule has 0 unspecified atom stereocenters. The average Bonchev–Trinajstić information content (AvgIpc) is 2.92. The number of alkyl halides is 6. The molecule has 0 radical (unpaired) electrons. The van der Waals surface area contributed by atoms with Gasteiger partial charge >= 0.3 is 12.4 Å². The lowest BCUT2D eigenvalue weighted by atomic mass is 9.89. The number of halogens is 6. The minimum absolute atomic E-state index is 0.116. The summed E-state index contributed by atoms with van der Waals surface area (Å²) < 4.78 is 84.7. The lowest BCUT2D eigenvalue weighted by molar-refractivity contribution is -0.376. The molecule has 0 aliphatic carbocycles. The molecule has 1 aliphatic rings. The van der Waals surface area contributed by atoms with Crippen LogP contribution in [0.1, 0.15) is 34.3 Å². The van der Waals surface area contributed by atoms with Crippen molar-refractivity contribution in [3.63, 3.8) is 0 Å². The van der Waals surface area contributed by atoms with Gasteiger partial charge in [0, 0.05) is 17.8 Å². The van der Waals surface area contributed by atoms with E-state index in [2.05, 4.69) is 0 Å². The van der Waals surface area contributed by atoms with E-state index in [1.807, 2.05) is 0 Å². The topological polar surface area (TPSA) is 49.8 Å². The van der Waals surface area contributed by atoms with Gasteiger partial charge in [0.1, 0.15) is 5.75 Å². The number of rotatable bonds is 3. The summed E-state index contributed by atoms with van der Waals surface area (Å²) in [6, 6.07) is 8.63. The Kier molecular flexibility index (Phi) is 5.96. The van der Waals surface area contributed by atoms with Crippen LogP contribution < -0.4 is 9.64 Å². The minimum Gasteiger partial charge on any atom is -0.496 e. The molecule has 0 saturated carbocycles. The Bertz CT molecular complexity index is 956. The number of amides is 1. The molecule has 1 aliphatic heterocycles. The maximum Gasteiger partial charge on any atom is 0.430 e. The summed E-state index contributed by atoms with van der Waals surface area (Å²) in [6.07, 6.45) is -10.9. The number of aryl methyl sites for hydroxylation is 1. The maximum absolute atomic E-state index is 13.3. The first-order valence-corrected chi connectivity index (χ1v) is 9.36. The highest BCUT2D eigenvalue weighted by atomic mass is 19.4. The van der Waals surface area contributed by atoms with E-state index in [9.17, 15) is 36.2 Å². The number of methoxy groups -OCH3 is 1. The molecule has 0 saturated heterocycles. The first kappa shape index (κ1) is 22.9. The molecule has 0 fully saturated rings. The van der Waals surface area contributed by atoms with Crippen molar-refractivity contribution in [3.8, 4) is 5.75 Å². The molecule has 2 aromatic rings. The van der Waals surface area contributed by atoms with Crippen LogP contribution in [-0.2, 0) is 12.0 Å². The minimum atomic E-state index is -5.98. The Hall–Kier alpha value is -2.75. The van der Waals surface area contributed by atoms with Crippen LogP contribution in [0.5, 0.6) is 5.75 Å². The van der Waals surface area contributed by atoms with Crippen molar-refractivity contribution in [3.05, 3.63) is 59.2 Å². The number of carbonyl (C=O) groups is 1. The van der Waals surface area contributed by atoms with Crippen molar-refractivity contribution in [1.82, 2.24) is 0 Å². The van der Waals surface area contributed by atoms with E-state index < -0.39 is 29.4 Å². The van der Waals surface area contributed by atoms with Crippen LogP contribution in [0.3, 0.4) is 0 Å². The van der Waals surface area contributed by atoms with E-state index >= 15 is 0 Å². The fraction of sp³-hybridized carbons (Fsp3) is 0.381. The third-order valence-corrected chi connectivity index (χ3v) is 5.27. The highest BCUT2D eigenvalue weighted by Crippen LogP contribution is 2.50. The highest BCUT2D eigenvalue weighted by Gasteiger charge is 2.71. The quantitative estimate of drug-likeness (QED) is 0.675. The molecule has 10 heteroatoms. The third-order valence-electron chi connectivity index (χ3n) is 5.27. The average molecular weight is 447 g/mol. The number of fused-ring (bicyclic) bond motifs is 1. The van der Waals surface area contributed by atoms with Gasteiger partial charge in [-0.05, 0) is 43.0 Å². The fourth-order valence-electron chi connectivity index (χ4n) is 3.65. The fourth-order valence-corrected chi connectivity index (χ4v) is 3.65. The molecule has 31 heavy (non-hydrogen) atoms. The number of nitrogens with zero attached hydrogens (tertiary/aromatic N) is 1. The number of hydrogen-bond acceptors (Lipinski definition) is 3. The molecule has 2 aromatic carbocycles. The lowest BCUT2D eigenvalue weighted by Gasteiger charge is -2.33. The van der Waals surface area contributed by atoms with Crippen LogP contribution in [-0.4, -0.2) is 37.0 Å². The normalized spacial score (nSPS) is 15.3. The van der Waals surface area contributed by atoms with Gasteiger partial charge in [-0.15, -0.1) is 0 Å². The number of para-hydroxylation sites is 1. The predicted octanol–water partition coefficient (Wildman–Crippen LogP) is 4.99. The number of carbonyl (C=O) groups excluding carboxylic acids is 1. The molecular formula is C21H19F6NO3. The molecule has 1 amide bonds. The van der Waals surface area contributed by atoms with Gasteiger partial charge in [0.15, 0.2) is 0 Å². The van der Waals surface area contributed by atoms with E-state index in [0.29, 0.717) is 30.7 Å². The number of benzene rings is 2. The Morgan fingerprint density at radius 1 is 1.00 bits per heavy atom. The van der Waals surface area contributed by atoms with Crippen LogP contribution in [0, 0.1) is 0 Å². The molecule has 0 bridgehead atoms. The summed E-state index contributed by atoms with van der Waals surface area (Å²) >= 11 is 0. The van der Waals surface area contributed by atoms with Crippen LogP contribution in [0.2, 0.25) is 0 Å². The standard InChI is InChI=1S/C21H19F6NO3/c1-31-17-8-3-2-7-15(17)18(29)28-11-5-4-6-13-12-14(9-10-16(13)28)19(30,20(22,23)24)21(25,26)27/h2-3,7-10,12,30H,4-6,11H2,1H3. The zero-order valence-corrected chi connectivity index (χ0v) is 16.3. The Balaban J connectivity index is 2.10. The Labute approximate surface area is 174 Å². The Morgan fingerprint density at radius 2 is 1.65 bits per heavy atom. The van der Waals surface area contributed by atoms with E-state index in [-0.39, 0.29) is 29.8 Å². The van der Waals surface area contributed by atoms with Crippen molar-refractivity contribution >= 4 is 11.6 Å². The second-order valence-corrected chi connectivity index (χ2v) is 7.16. The summed E-state index contributed by atoms with van der Waals surface area (Å²) in [5, 5.41) is 9.70. The smallest absolute Gasteiger partial charge is 0.430 e. The monoisotopic (exact) mass is 447 g/mol. The van der Waals surface area contributed by atoms with Gasteiger partial charge < -0.3 is 14.7 Å². The van der Waals surface area contributed by atoms with Crippen LogP contribution >= 0.6 is 0 Å². The zero-order valence-electron chi connectivity index (χ0n) is 16.3. The summed E-state index contributed by atoms with van der Waals surface area (Å²) in [6.45, 7) is 0.228. The van der Waals surface area contributed by atoms with Crippen molar-refractivity contribution in [2.45, 2.75) is 37.2 Å². The molecule has 1 N–H and O–H groups in total. The molecule has 0 atom stereocenters. The van der Waals surface area contributed by atoms with Crippen molar-refractivity contribution in [2.24, 2.45) is 0 Å². The first-order chi connectivity index (χ1) is 14.4. The zero-order chi connectivity index (χ0) is 23.0. The van der Waals surface area contributed by atoms with Crippen molar-refractivity contribution in [1.29, 1.82) is 0 Å². The second kappa shape index (κ2) is 8.07. The van der Waals surface area contributed by atoms with Gasteiger partial charge in [-0.2, -0.15) is 26.3 Å². The van der Waals surface area contributed by atoms with E-state index in [4.69, 9.17) is 4.74 Å². The molecule has 1 heterocycles. The third kappa shape index (κ3) is 3.96. The van der Waals surface area contributed by atoms with E-state index in [1.54, 1.807) is 18.2 Å². The predicted molar refractivity (Wildman–Crippen MR) is 100 cm³/mol. The summed E-state index contributed by atoms with van der Waals surface area (Å²) in [7, 11) is 1.38. The lowest BCUT2D eigenvalue weighted by Crippen LogP contribution is -2.54. The molecular weight excluding hydrogens is 428 g/mol. The molecule has 168 valence electrons. The number of aliphatic hydroxyl groups is 1. The first-order valence-electron chi connectivity index (χ1n) is 9.36. The van der Waals surface area contributed by atoms with Crippen molar-refractivity contribution in [2.75, 3.05) is 18.6 Å². The highest BCUT2D eigenvalue weighted by molar-refractivity contribution is 6.08. The van der Waals surface area contributed by atoms with Crippen LogP contribution in [0.25, 0.3) is 0 Å². The molecule has 0 aromatic heterocycles. The van der Waals surface area contributed by atoms with Gasteiger partial charge in [-0.1, -0.05) is 24.3 Å². The van der Waals surface area contributed by atoms with Crippen LogP contribution in [0.15, 0.2) is 42.5 Å². The van der Waals surface area contributed by atoms with E-state index in [1.165, 1.54) is 18.1 Å². The molecule has 0 spiro atoms. The largest absolute Gasteiger partial charge is 0.496 e. The number of anilines is 1. The number of ether oxygens (including phenoxy) is 1. The maximum atomic E-state index is 13.3. The van der Waals surface area contributed by atoms with Gasteiger partial charge in [-0.3, -0.25) is 4.79 Å². The SMILES string of the molecule is COc1ccccc1C(=O)N1CCCCc2cc(C(O)(C(F)(F)F)C(F)(F)F)ccc21. The van der Waals surface area contributed by atoms with Crippen molar-refractivity contribution < 1.29 is 41.0 Å². The van der Waals surface area contributed by atoms with E-state index in [0.717, 1.165) is 6.07 Å². The summed E-state index contributed by atoms with van der Waals surface area (Å²) in [4.78, 5) is 14.4. The van der Waals surface area contributed by atoms with Gasteiger partial charge in [-0.25, -0.2) is 0 Å².